The minimum atomic E-state index is -1.26. The van der Waals surface area contributed by atoms with E-state index >= 15 is 0 Å². The van der Waals surface area contributed by atoms with E-state index in [0.29, 0.717) is 21.4 Å². The van der Waals surface area contributed by atoms with E-state index in [1.807, 2.05) is 0 Å². The fourth-order valence-electron chi connectivity index (χ4n) is 1.65. The summed E-state index contributed by atoms with van der Waals surface area (Å²) in [4.78, 5) is 22.2. The molecule has 2 aromatic carbocycles. The summed E-state index contributed by atoms with van der Waals surface area (Å²) >= 11 is 11.7. The summed E-state index contributed by atoms with van der Waals surface area (Å²) in [6, 6.07) is 10.5. The normalized spacial score (nSPS) is 10.6. The molecule has 0 aromatic heterocycles. The van der Waals surface area contributed by atoms with Gasteiger partial charge in [-0.15, -0.1) is 0 Å². The van der Waals surface area contributed by atoms with Crippen LogP contribution in [-0.2, 0) is 4.79 Å². The molecule has 0 bridgehead atoms. The molecule has 24 heavy (non-hydrogen) atoms. The van der Waals surface area contributed by atoms with Crippen molar-refractivity contribution in [2.24, 2.45) is 5.10 Å². The Hall–Kier alpha value is -2.57. The number of nitrogens with zero attached hydrogens (tertiary/aromatic N) is 1. The molecule has 1 N–H and O–H groups in total. The van der Waals surface area contributed by atoms with Crippen LogP contribution in [0, 0.1) is 0 Å². The quantitative estimate of drug-likeness (QED) is 0.624. The smallest absolute Gasteiger partial charge is 0.277 e. The summed E-state index contributed by atoms with van der Waals surface area (Å²) in [7, 11) is 0. The molecule has 124 valence electrons. The Balaban J connectivity index is 1.83. The van der Waals surface area contributed by atoms with Gasteiger partial charge in [-0.3, -0.25) is 4.79 Å². The summed E-state index contributed by atoms with van der Waals surface area (Å²) < 4.78 is 5.25. The maximum absolute atomic E-state index is 11.6. The Morgan fingerprint density at radius 1 is 1.17 bits per heavy atom. The van der Waals surface area contributed by atoms with Crippen molar-refractivity contribution in [1.82, 2.24) is 5.43 Å². The van der Waals surface area contributed by atoms with Gasteiger partial charge in [0.25, 0.3) is 5.91 Å². The lowest BCUT2D eigenvalue weighted by atomic mass is 10.1. The summed E-state index contributed by atoms with van der Waals surface area (Å²) in [5.74, 6) is -1.41. The van der Waals surface area contributed by atoms with E-state index in [2.05, 4.69) is 10.5 Å². The SMILES string of the molecule is O=C(COc1ccc(Cl)cc1Cl)N/N=C\c1ccc(C(=O)[O-])cc1. The van der Waals surface area contributed by atoms with E-state index in [1.54, 1.807) is 12.1 Å². The van der Waals surface area contributed by atoms with E-state index in [4.69, 9.17) is 27.9 Å². The minimum absolute atomic E-state index is 0.0597. The third kappa shape index (κ3) is 5.26. The fraction of sp³-hybridized carbons (Fsp3) is 0.0625. The lowest BCUT2D eigenvalue weighted by molar-refractivity contribution is -0.255. The number of amides is 1. The third-order valence-corrected chi connectivity index (χ3v) is 3.33. The summed E-state index contributed by atoms with van der Waals surface area (Å²) in [5.41, 5.74) is 2.95. The van der Waals surface area contributed by atoms with Crippen LogP contribution in [0.25, 0.3) is 0 Å². The highest BCUT2D eigenvalue weighted by Crippen LogP contribution is 2.27. The number of carboxylic acids is 1. The van der Waals surface area contributed by atoms with Gasteiger partial charge in [0.15, 0.2) is 6.61 Å². The molecular formula is C16H11Cl2N2O4-. The highest BCUT2D eigenvalue weighted by atomic mass is 35.5. The standard InChI is InChI=1S/C16H12Cl2N2O4/c17-12-5-6-14(13(18)7-12)24-9-15(21)20-19-8-10-1-3-11(4-2-10)16(22)23/h1-8H,9H2,(H,20,21)(H,22,23)/p-1/b19-8-. The number of carbonyl (C=O) groups excluding carboxylic acids is 2. The Morgan fingerprint density at radius 2 is 1.88 bits per heavy atom. The molecule has 0 heterocycles. The second-order valence-corrected chi connectivity index (χ2v) is 5.41. The number of nitrogens with one attached hydrogen (secondary N) is 1. The number of benzene rings is 2. The third-order valence-electron chi connectivity index (χ3n) is 2.80. The second-order valence-electron chi connectivity index (χ2n) is 4.57. The van der Waals surface area contributed by atoms with Crippen molar-refractivity contribution in [2.75, 3.05) is 6.61 Å². The van der Waals surface area contributed by atoms with Crippen LogP contribution in [0.1, 0.15) is 15.9 Å². The van der Waals surface area contributed by atoms with Crippen molar-refractivity contribution in [3.8, 4) is 5.75 Å². The maximum Gasteiger partial charge on any atom is 0.277 e. The van der Waals surface area contributed by atoms with Crippen molar-refractivity contribution >= 4 is 41.3 Å². The van der Waals surface area contributed by atoms with Crippen molar-refractivity contribution in [1.29, 1.82) is 0 Å². The molecule has 0 atom stereocenters. The predicted octanol–water partition coefficient (Wildman–Crippen LogP) is 1.89. The van der Waals surface area contributed by atoms with Gasteiger partial charge in [-0.2, -0.15) is 5.10 Å². The molecule has 0 saturated carbocycles. The molecule has 0 unspecified atom stereocenters. The van der Waals surface area contributed by atoms with E-state index < -0.39 is 11.9 Å². The Bertz CT molecular complexity index is 776. The molecule has 0 radical (unpaired) electrons. The molecule has 0 saturated heterocycles. The zero-order chi connectivity index (χ0) is 17.5. The average Bonchev–Trinajstić information content (AvgIpc) is 2.54. The average molecular weight is 366 g/mol. The fourth-order valence-corrected chi connectivity index (χ4v) is 2.11. The zero-order valence-corrected chi connectivity index (χ0v) is 13.7. The first-order valence-corrected chi connectivity index (χ1v) is 7.42. The highest BCUT2D eigenvalue weighted by molar-refractivity contribution is 6.35. The van der Waals surface area contributed by atoms with Gasteiger partial charge in [0.05, 0.1) is 17.2 Å². The van der Waals surface area contributed by atoms with Crippen molar-refractivity contribution in [3.05, 3.63) is 63.6 Å². The molecular weight excluding hydrogens is 355 g/mol. The molecule has 0 spiro atoms. The van der Waals surface area contributed by atoms with Crippen LogP contribution in [0.3, 0.4) is 0 Å². The molecule has 0 aliphatic heterocycles. The van der Waals surface area contributed by atoms with Crippen molar-refractivity contribution in [2.45, 2.75) is 0 Å². The monoisotopic (exact) mass is 365 g/mol. The topological polar surface area (TPSA) is 90.8 Å². The Labute approximate surface area is 147 Å². The van der Waals surface area contributed by atoms with Gasteiger partial charge in [0.1, 0.15) is 5.75 Å². The number of aromatic carboxylic acids is 1. The first kappa shape index (κ1) is 17.8. The van der Waals surface area contributed by atoms with Crippen LogP contribution in [0.5, 0.6) is 5.75 Å². The van der Waals surface area contributed by atoms with Gasteiger partial charge in [0.2, 0.25) is 0 Å². The molecule has 0 fully saturated rings. The van der Waals surface area contributed by atoms with Crippen LogP contribution in [0.2, 0.25) is 10.0 Å². The van der Waals surface area contributed by atoms with Gasteiger partial charge in [0, 0.05) is 5.02 Å². The van der Waals surface area contributed by atoms with Gasteiger partial charge in [-0.05, 0) is 29.3 Å². The van der Waals surface area contributed by atoms with E-state index in [0.717, 1.165) is 0 Å². The maximum atomic E-state index is 11.6. The lowest BCUT2D eigenvalue weighted by Gasteiger charge is -2.07. The molecule has 1 amide bonds. The zero-order valence-electron chi connectivity index (χ0n) is 12.2. The van der Waals surface area contributed by atoms with Gasteiger partial charge in [-0.25, -0.2) is 5.43 Å². The van der Waals surface area contributed by atoms with Crippen LogP contribution >= 0.6 is 23.2 Å². The number of halogens is 2. The Kier molecular flexibility index (Phi) is 6.17. The Morgan fingerprint density at radius 3 is 2.50 bits per heavy atom. The molecule has 8 heteroatoms. The number of hydrogen-bond donors (Lipinski definition) is 1. The molecule has 0 aliphatic rings. The second kappa shape index (κ2) is 8.33. The van der Waals surface area contributed by atoms with Gasteiger partial charge < -0.3 is 14.6 Å². The first-order chi connectivity index (χ1) is 11.5. The number of carboxylic acid groups (broad SMARTS) is 1. The van der Waals surface area contributed by atoms with E-state index in [1.165, 1.54) is 36.5 Å². The van der Waals surface area contributed by atoms with Crippen LogP contribution in [-0.4, -0.2) is 24.7 Å². The minimum Gasteiger partial charge on any atom is -0.545 e. The van der Waals surface area contributed by atoms with Crippen molar-refractivity contribution < 1.29 is 19.4 Å². The number of hydrazone groups is 1. The summed E-state index contributed by atoms with van der Waals surface area (Å²) in [5, 5.41) is 15.1. The number of carbonyl (C=O) groups is 2. The molecule has 2 aromatic rings. The number of ether oxygens (including phenoxy) is 1. The van der Waals surface area contributed by atoms with Crippen molar-refractivity contribution in [3.63, 3.8) is 0 Å². The lowest BCUT2D eigenvalue weighted by Crippen LogP contribution is -2.24. The summed E-state index contributed by atoms with van der Waals surface area (Å²) in [6.07, 6.45) is 1.37. The number of hydrogen-bond acceptors (Lipinski definition) is 5. The highest BCUT2D eigenvalue weighted by Gasteiger charge is 2.05. The molecule has 0 aliphatic carbocycles. The van der Waals surface area contributed by atoms with Gasteiger partial charge in [-0.1, -0.05) is 47.5 Å². The summed E-state index contributed by atoms with van der Waals surface area (Å²) in [6.45, 7) is -0.275. The van der Waals surface area contributed by atoms with E-state index in [9.17, 15) is 14.7 Å². The van der Waals surface area contributed by atoms with Crippen LogP contribution < -0.4 is 15.3 Å². The van der Waals surface area contributed by atoms with Crippen LogP contribution in [0.15, 0.2) is 47.6 Å². The van der Waals surface area contributed by atoms with E-state index in [-0.39, 0.29) is 12.2 Å². The van der Waals surface area contributed by atoms with Crippen LogP contribution in [0.4, 0.5) is 0 Å². The predicted molar refractivity (Wildman–Crippen MR) is 88.5 cm³/mol. The number of rotatable bonds is 6. The van der Waals surface area contributed by atoms with Gasteiger partial charge >= 0.3 is 0 Å². The first-order valence-electron chi connectivity index (χ1n) is 6.67. The molecule has 6 nitrogen and oxygen atoms in total. The molecule has 2 rings (SSSR count). The largest absolute Gasteiger partial charge is 0.545 e.